The summed E-state index contributed by atoms with van der Waals surface area (Å²) in [6.45, 7) is 2.96. The van der Waals surface area contributed by atoms with Gasteiger partial charge >= 0.3 is 0 Å². The molecule has 3 N–H and O–H groups in total. The molecule has 2 aromatic heterocycles. The van der Waals surface area contributed by atoms with Crippen LogP contribution in [0.4, 0.5) is 0 Å². The molecule has 7 heteroatoms. The smallest absolute Gasteiger partial charge is 0.169 e. The highest BCUT2D eigenvalue weighted by Gasteiger charge is 2.17. The number of hydrazine groups is 1. The topological polar surface area (TPSA) is 81.9 Å². The zero-order chi connectivity index (χ0) is 13.0. The molecule has 0 amide bonds. The molecular formula is C11H16BrN5O. The minimum Gasteiger partial charge on any atom is -0.453 e. The van der Waals surface area contributed by atoms with Gasteiger partial charge in [-0.2, -0.15) is 5.10 Å². The number of nitrogens with zero attached hydrogens (tertiary/aromatic N) is 3. The normalized spacial score (nSPS) is 12.8. The Labute approximate surface area is 114 Å². The largest absolute Gasteiger partial charge is 0.453 e. The van der Waals surface area contributed by atoms with Crippen molar-refractivity contribution in [2.24, 2.45) is 5.84 Å². The number of hydrogen-bond acceptors (Lipinski definition) is 5. The van der Waals surface area contributed by atoms with E-state index in [1.54, 1.807) is 6.33 Å². The van der Waals surface area contributed by atoms with Crippen molar-refractivity contribution >= 4 is 15.9 Å². The van der Waals surface area contributed by atoms with Crippen molar-refractivity contribution in [3.05, 3.63) is 34.7 Å². The van der Waals surface area contributed by atoms with E-state index >= 15 is 0 Å². The van der Waals surface area contributed by atoms with Crippen LogP contribution in [0.25, 0.3) is 0 Å². The number of hydrogen-bond donors (Lipinski definition) is 2. The van der Waals surface area contributed by atoms with Crippen LogP contribution in [0.15, 0.2) is 27.5 Å². The Kier molecular flexibility index (Phi) is 4.51. The highest BCUT2D eigenvalue weighted by Crippen LogP contribution is 2.22. The average Bonchev–Trinajstić information content (AvgIpc) is 2.96. The molecule has 0 spiro atoms. The molecule has 0 saturated carbocycles. The molecule has 0 aliphatic heterocycles. The van der Waals surface area contributed by atoms with Gasteiger partial charge in [0.2, 0.25) is 0 Å². The van der Waals surface area contributed by atoms with Crippen LogP contribution in [0.5, 0.6) is 0 Å². The Morgan fingerprint density at radius 2 is 2.39 bits per heavy atom. The molecule has 6 nitrogen and oxygen atoms in total. The average molecular weight is 314 g/mol. The molecular weight excluding hydrogens is 298 g/mol. The van der Waals surface area contributed by atoms with Gasteiger partial charge < -0.3 is 4.42 Å². The lowest BCUT2D eigenvalue weighted by Crippen LogP contribution is -2.30. The van der Waals surface area contributed by atoms with E-state index in [0.29, 0.717) is 11.1 Å². The van der Waals surface area contributed by atoms with Crippen molar-refractivity contribution in [1.29, 1.82) is 0 Å². The number of halogens is 1. The van der Waals surface area contributed by atoms with Crippen molar-refractivity contribution < 1.29 is 4.42 Å². The van der Waals surface area contributed by atoms with Crippen molar-refractivity contribution in [3.8, 4) is 0 Å². The first-order valence-electron chi connectivity index (χ1n) is 5.82. The molecule has 18 heavy (non-hydrogen) atoms. The fourth-order valence-electron chi connectivity index (χ4n) is 1.78. The van der Waals surface area contributed by atoms with Crippen LogP contribution in [-0.4, -0.2) is 14.8 Å². The molecule has 0 radical (unpaired) electrons. The van der Waals surface area contributed by atoms with Crippen molar-refractivity contribution in [2.75, 3.05) is 0 Å². The molecule has 1 atom stereocenters. The number of furan rings is 1. The Bertz CT molecular complexity index is 495. The number of aryl methyl sites for hydroxylation is 1. The van der Waals surface area contributed by atoms with Gasteiger partial charge in [-0.15, -0.1) is 0 Å². The van der Waals surface area contributed by atoms with E-state index in [0.717, 1.165) is 24.6 Å². The van der Waals surface area contributed by atoms with Crippen LogP contribution in [-0.2, 0) is 13.0 Å². The van der Waals surface area contributed by atoms with E-state index in [4.69, 9.17) is 10.3 Å². The second-order valence-electron chi connectivity index (χ2n) is 3.96. The molecule has 0 aromatic carbocycles. The predicted octanol–water partition coefficient (Wildman–Crippen LogP) is 1.79. The summed E-state index contributed by atoms with van der Waals surface area (Å²) in [7, 11) is 0. The standard InChI is InChI=1S/C11H16BrN5O/c1-2-5-17-11(14-7-15-17)6-8(16-13)9-3-4-10(12)18-9/h3-4,7-8,16H,2,5-6,13H2,1H3. The number of rotatable bonds is 6. The number of nitrogens with two attached hydrogens (primary N) is 1. The molecule has 2 aromatic rings. The Hall–Kier alpha value is -1.18. The second kappa shape index (κ2) is 6.12. The zero-order valence-corrected chi connectivity index (χ0v) is 11.7. The highest BCUT2D eigenvalue weighted by molar-refractivity contribution is 9.10. The zero-order valence-electron chi connectivity index (χ0n) is 10.1. The minimum atomic E-state index is -0.115. The Morgan fingerprint density at radius 1 is 1.56 bits per heavy atom. The van der Waals surface area contributed by atoms with Crippen LogP contribution < -0.4 is 11.3 Å². The van der Waals surface area contributed by atoms with Gasteiger partial charge in [-0.05, 0) is 34.5 Å². The van der Waals surface area contributed by atoms with E-state index < -0.39 is 0 Å². The summed E-state index contributed by atoms with van der Waals surface area (Å²) in [6, 6.07) is 3.61. The van der Waals surface area contributed by atoms with Crippen molar-refractivity contribution in [2.45, 2.75) is 32.4 Å². The van der Waals surface area contributed by atoms with Gasteiger partial charge in [0.05, 0.1) is 6.04 Å². The maximum atomic E-state index is 5.57. The first kappa shape index (κ1) is 13.3. The summed E-state index contributed by atoms with van der Waals surface area (Å²) in [6.07, 6.45) is 3.22. The third kappa shape index (κ3) is 2.98. The van der Waals surface area contributed by atoms with E-state index in [9.17, 15) is 0 Å². The molecule has 2 rings (SSSR count). The summed E-state index contributed by atoms with van der Waals surface area (Å²) in [5.41, 5.74) is 2.74. The SMILES string of the molecule is CCCn1ncnc1CC(NN)c1ccc(Br)o1. The lowest BCUT2D eigenvalue weighted by molar-refractivity contribution is 0.394. The monoisotopic (exact) mass is 313 g/mol. The molecule has 0 fully saturated rings. The van der Waals surface area contributed by atoms with E-state index in [1.165, 1.54) is 0 Å². The van der Waals surface area contributed by atoms with Crippen molar-refractivity contribution in [1.82, 2.24) is 20.2 Å². The Balaban J connectivity index is 2.12. The third-order valence-corrected chi connectivity index (χ3v) is 3.08. The fraction of sp³-hybridized carbons (Fsp3) is 0.455. The van der Waals surface area contributed by atoms with Crippen LogP contribution in [0, 0.1) is 0 Å². The van der Waals surface area contributed by atoms with Gasteiger partial charge in [-0.25, -0.2) is 10.4 Å². The lowest BCUT2D eigenvalue weighted by atomic mass is 10.1. The second-order valence-corrected chi connectivity index (χ2v) is 4.75. The summed E-state index contributed by atoms with van der Waals surface area (Å²) >= 11 is 3.28. The van der Waals surface area contributed by atoms with Crippen molar-refractivity contribution in [3.63, 3.8) is 0 Å². The quantitative estimate of drug-likeness (QED) is 0.627. The van der Waals surface area contributed by atoms with Gasteiger partial charge in [-0.3, -0.25) is 10.5 Å². The van der Waals surface area contributed by atoms with Gasteiger partial charge in [-0.1, -0.05) is 6.92 Å². The summed E-state index contributed by atoms with van der Waals surface area (Å²) in [5, 5.41) is 4.19. The van der Waals surface area contributed by atoms with Gasteiger partial charge in [0.15, 0.2) is 4.67 Å². The first-order valence-corrected chi connectivity index (χ1v) is 6.62. The van der Waals surface area contributed by atoms with Crippen LogP contribution >= 0.6 is 15.9 Å². The first-order chi connectivity index (χ1) is 8.74. The highest BCUT2D eigenvalue weighted by atomic mass is 79.9. The lowest BCUT2D eigenvalue weighted by Gasteiger charge is -2.13. The maximum absolute atomic E-state index is 5.57. The maximum Gasteiger partial charge on any atom is 0.169 e. The minimum absolute atomic E-state index is 0.115. The molecule has 98 valence electrons. The van der Waals surface area contributed by atoms with Gasteiger partial charge in [0.1, 0.15) is 17.9 Å². The Morgan fingerprint density at radius 3 is 3.00 bits per heavy atom. The molecule has 0 bridgehead atoms. The van der Waals surface area contributed by atoms with Gasteiger partial charge in [0, 0.05) is 13.0 Å². The third-order valence-electron chi connectivity index (χ3n) is 2.66. The molecule has 0 aliphatic carbocycles. The van der Waals surface area contributed by atoms with Crippen LogP contribution in [0.1, 0.15) is 31.0 Å². The molecule has 0 aliphatic rings. The fourth-order valence-corrected chi connectivity index (χ4v) is 2.10. The van der Waals surface area contributed by atoms with Crippen LogP contribution in [0.3, 0.4) is 0 Å². The predicted molar refractivity (Wildman–Crippen MR) is 70.5 cm³/mol. The summed E-state index contributed by atoms with van der Waals surface area (Å²) in [4.78, 5) is 4.26. The van der Waals surface area contributed by atoms with E-state index in [-0.39, 0.29) is 6.04 Å². The summed E-state index contributed by atoms with van der Waals surface area (Å²) < 4.78 is 8.08. The summed E-state index contributed by atoms with van der Waals surface area (Å²) in [5.74, 6) is 7.24. The molecule has 0 saturated heterocycles. The molecule has 1 unspecified atom stereocenters. The molecule has 2 heterocycles. The van der Waals surface area contributed by atoms with Gasteiger partial charge in [0.25, 0.3) is 0 Å². The number of aromatic nitrogens is 3. The number of nitrogens with one attached hydrogen (secondary N) is 1. The van der Waals surface area contributed by atoms with E-state index in [1.807, 2.05) is 16.8 Å². The van der Waals surface area contributed by atoms with E-state index in [2.05, 4.69) is 38.4 Å². The van der Waals surface area contributed by atoms with Crippen LogP contribution in [0.2, 0.25) is 0 Å².